The standard InChI is InChI=1S/C12H13FN2O5S.2H2/c13-21(18,19)20-10-3-1-2-9(6-10)14-7-8-4-5-11(16)15-12(8)17;;/h1-3,6,8,14H,4-5,7H2,(H,15,16,17);2*1H. The zero-order valence-electron chi connectivity index (χ0n) is 10.8. The highest BCUT2D eigenvalue weighted by Crippen LogP contribution is 2.20. The van der Waals surface area contributed by atoms with Gasteiger partial charge in [0.2, 0.25) is 11.8 Å². The first-order chi connectivity index (χ1) is 9.83. The van der Waals surface area contributed by atoms with Crippen molar-refractivity contribution in [2.45, 2.75) is 12.8 Å². The first-order valence-electron chi connectivity index (χ1n) is 6.15. The third kappa shape index (κ3) is 4.71. The van der Waals surface area contributed by atoms with Crippen molar-refractivity contribution < 1.29 is 28.9 Å². The number of imide groups is 1. The van der Waals surface area contributed by atoms with Crippen LogP contribution in [-0.2, 0) is 20.1 Å². The van der Waals surface area contributed by atoms with E-state index in [9.17, 15) is 21.9 Å². The van der Waals surface area contributed by atoms with Crippen LogP contribution in [0.25, 0.3) is 0 Å². The smallest absolute Gasteiger partial charge is 0.384 e. The van der Waals surface area contributed by atoms with Crippen LogP contribution in [0.15, 0.2) is 24.3 Å². The van der Waals surface area contributed by atoms with E-state index in [2.05, 4.69) is 14.8 Å². The van der Waals surface area contributed by atoms with Crippen LogP contribution >= 0.6 is 0 Å². The van der Waals surface area contributed by atoms with Gasteiger partial charge in [-0.25, -0.2) is 0 Å². The predicted octanol–water partition coefficient (Wildman–Crippen LogP) is 1.24. The zero-order valence-corrected chi connectivity index (χ0v) is 11.7. The van der Waals surface area contributed by atoms with Crippen LogP contribution in [0.3, 0.4) is 0 Å². The minimum atomic E-state index is -5.07. The van der Waals surface area contributed by atoms with Crippen LogP contribution < -0.4 is 14.8 Å². The molecule has 1 aliphatic heterocycles. The number of anilines is 1. The molecule has 1 fully saturated rings. The molecule has 2 N–H and O–H groups in total. The van der Waals surface area contributed by atoms with Crippen molar-refractivity contribution >= 4 is 28.0 Å². The Balaban J connectivity index is 0.00000242. The average molecular weight is 320 g/mol. The molecule has 1 atom stereocenters. The van der Waals surface area contributed by atoms with Crippen molar-refractivity contribution in [1.82, 2.24) is 5.32 Å². The van der Waals surface area contributed by atoms with E-state index in [1.54, 1.807) is 6.07 Å². The summed E-state index contributed by atoms with van der Waals surface area (Å²) < 4.78 is 37.3. The second kappa shape index (κ2) is 6.08. The second-order valence-corrected chi connectivity index (χ2v) is 5.49. The van der Waals surface area contributed by atoms with Gasteiger partial charge in [-0.2, -0.15) is 8.42 Å². The number of piperidine rings is 1. The molecule has 0 bridgehead atoms. The number of rotatable bonds is 5. The molecule has 2 rings (SSSR count). The molecule has 21 heavy (non-hydrogen) atoms. The highest BCUT2D eigenvalue weighted by atomic mass is 32.3. The predicted molar refractivity (Wildman–Crippen MR) is 75.7 cm³/mol. The van der Waals surface area contributed by atoms with Crippen molar-refractivity contribution in [3.8, 4) is 5.75 Å². The molecule has 1 saturated heterocycles. The monoisotopic (exact) mass is 320 g/mol. The molecule has 1 aromatic carbocycles. The molecule has 0 saturated carbocycles. The fraction of sp³-hybridized carbons (Fsp3) is 0.333. The maximum absolute atomic E-state index is 12.4. The Hall–Kier alpha value is -2.16. The van der Waals surface area contributed by atoms with Gasteiger partial charge in [-0.1, -0.05) is 9.95 Å². The van der Waals surface area contributed by atoms with Gasteiger partial charge in [-0.3, -0.25) is 14.9 Å². The van der Waals surface area contributed by atoms with Gasteiger partial charge in [-0.05, 0) is 18.6 Å². The van der Waals surface area contributed by atoms with Gasteiger partial charge in [0.25, 0.3) is 0 Å². The molecule has 1 aliphatic rings. The van der Waals surface area contributed by atoms with E-state index in [-0.39, 0.29) is 39.3 Å². The van der Waals surface area contributed by atoms with Crippen molar-refractivity contribution in [1.29, 1.82) is 0 Å². The Kier molecular flexibility index (Phi) is 4.41. The SMILES string of the molecule is O=C1CCC(CNc2cccc(OS(=O)(=O)F)c2)C(=O)N1.[HH].[HH]. The van der Waals surface area contributed by atoms with Crippen molar-refractivity contribution in [2.75, 3.05) is 11.9 Å². The summed E-state index contributed by atoms with van der Waals surface area (Å²) in [6.45, 7) is 0.269. The summed E-state index contributed by atoms with van der Waals surface area (Å²) in [5, 5.41) is 5.15. The lowest BCUT2D eigenvalue weighted by molar-refractivity contribution is -0.135. The summed E-state index contributed by atoms with van der Waals surface area (Å²) in [6.07, 6.45) is 0.716. The normalized spacial score (nSPS) is 19.0. The number of benzene rings is 1. The molecular weight excluding hydrogens is 303 g/mol. The van der Waals surface area contributed by atoms with E-state index in [4.69, 9.17) is 0 Å². The molecular formula is C12H17FN2O5S. The average Bonchev–Trinajstić information content (AvgIpc) is 2.36. The first kappa shape index (κ1) is 15.2. The van der Waals surface area contributed by atoms with Crippen molar-refractivity contribution in [3.63, 3.8) is 0 Å². The second-order valence-electron chi connectivity index (χ2n) is 4.53. The molecule has 0 spiro atoms. The molecule has 0 aromatic heterocycles. The summed E-state index contributed by atoms with van der Waals surface area (Å²) in [5.74, 6) is -1.18. The van der Waals surface area contributed by atoms with E-state index in [1.165, 1.54) is 18.2 Å². The molecule has 2 amide bonds. The number of nitrogens with one attached hydrogen (secondary N) is 2. The zero-order chi connectivity index (χ0) is 15.5. The largest absolute Gasteiger partial charge is 0.488 e. The maximum Gasteiger partial charge on any atom is 0.488 e. The molecule has 0 radical (unpaired) electrons. The Morgan fingerprint density at radius 2 is 2.19 bits per heavy atom. The Morgan fingerprint density at radius 1 is 1.43 bits per heavy atom. The van der Waals surface area contributed by atoms with Gasteiger partial charge in [-0.15, -0.1) is 0 Å². The highest BCUT2D eigenvalue weighted by Gasteiger charge is 2.26. The Labute approximate surface area is 123 Å². The van der Waals surface area contributed by atoms with Gasteiger partial charge in [0.15, 0.2) is 0 Å². The summed E-state index contributed by atoms with van der Waals surface area (Å²) in [5.41, 5.74) is 0.473. The van der Waals surface area contributed by atoms with Crippen LogP contribution in [0.2, 0.25) is 0 Å². The topological polar surface area (TPSA) is 102 Å². The molecule has 118 valence electrons. The molecule has 9 heteroatoms. The lowest BCUT2D eigenvalue weighted by Crippen LogP contribution is -2.43. The number of amides is 2. The summed E-state index contributed by atoms with van der Waals surface area (Å²) in [7, 11) is -5.07. The summed E-state index contributed by atoms with van der Waals surface area (Å²) >= 11 is 0. The van der Waals surface area contributed by atoms with Gasteiger partial charge in [0.1, 0.15) is 5.75 Å². The van der Waals surface area contributed by atoms with Gasteiger partial charge < -0.3 is 9.50 Å². The molecule has 1 unspecified atom stereocenters. The molecule has 1 heterocycles. The van der Waals surface area contributed by atoms with Crippen LogP contribution in [0.1, 0.15) is 15.7 Å². The molecule has 7 nitrogen and oxygen atoms in total. The van der Waals surface area contributed by atoms with E-state index in [0.29, 0.717) is 12.1 Å². The lowest BCUT2D eigenvalue weighted by atomic mass is 9.98. The van der Waals surface area contributed by atoms with Crippen LogP contribution in [0.4, 0.5) is 9.57 Å². The van der Waals surface area contributed by atoms with E-state index >= 15 is 0 Å². The minimum absolute atomic E-state index is 0. The van der Waals surface area contributed by atoms with E-state index in [0.717, 1.165) is 0 Å². The van der Waals surface area contributed by atoms with Crippen LogP contribution in [0, 0.1) is 5.92 Å². The number of carbonyl (C=O) groups is 2. The Morgan fingerprint density at radius 3 is 2.86 bits per heavy atom. The minimum Gasteiger partial charge on any atom is -0.384 e. The van der Waals surface area contributed by atoms with Crippen molar-refractivity contribution in [2.24, 2.45) is 5.92 Å². The maximum atomic E-state index is 12.4. The number of hydrogen-bond acceptors (Lipinski definition) is 6. The van der Waals surface area contributed by atoms with E-state index < -0.39 is 10.5 Å². The van der Waals surface area contributed by atoms with Gasteiger partial charge in [0.05, 0.1) is 5.92 Å². The van der Waals surface area contributed by atoms with Crippen LogP contribution in [0.5, 0.6) is 5.75 Å². The summed E-state index contributed by atoms with van der Waals surface area (Å²) in [4.78, 5) is 22.6. The third-order valence-electron chi connectivity index (χ3n) is 2.94. The number of halogens is 1. The fourth-order valence-electron chi connectivity index (χ4n) is 1.95. The summed E-state index contributed by atoms with van der Waals surface area (Å²) in [6, 6.07) is 5.67. The number of hydrogen-bond donors (Lipinski definition) is 2. The lowest BCUT2D eigenvalue weighted by Gasteiger charge is -2.21. The van der Waals surface area contributed by atoms with Crippen molar-refractivity contribution in [3.05, 3.63) is 24.3 Å². The number of carbonyl (C=O) groups excluding carboxylic acids is 2. The Bertz CT molecular complexity index is 671. The first-order valence-corrected chi connectivity index (χ1v) is 7.46. The quantitative estimate of drug-likeness (QED) is 0.625. The fourth-order valence-corrected chi connectivity index (χ4v) is 2.28. The molecule has 0 aliphatic carbocycles. The van der Waals surface area contributed by atoms with Crippen LogP contribution in [-0.4, -0.2) is 26.8 Å². The third-order valence-corrected chi connectivity index (χ3v) is 3.33. The highest BCUT2D eigenvalue weighted by molar-refractivity contribution is 7.81. The van der Waals surface area contributed by atoms with Gasteiger partial charge in [0, 0.05) is 27.6 Å². The van der Waals surface area contributed by atoms with Gasteiger partial charge >= 0.3 is 10.5 Å². The molecule has 1 aromatic rings. The van der Waals surface area contributed by atoms with E-state index in [1.807, 2.05) is 0 Å².